The minimum atomic E-state index is -0.378. The third-order valence-corrected chi connectivity index (χ3v) is 6.46. The van der Waals surface area contributed by atoms with E-state index in [-0.39, 0.29) is 24.0 Å². The zero-order chi connectivity index (χ0) is 22.0. The molecule has 0 unspecified atom stereocenters. The molecule has 31 heavy (non-hydrogen) atoms. The molecule has 0 aliphatic carbocycles. The van der Waals surface area contributed by atoms with Gasteiger partial charge in [0.2, 0.25) is 0 Å². The maximum absolute atomic E-state index is 13.2. The van der Waals surface area contributed by atoms with Crippen molar-refractivity contribution in [2.24, 2.45) is 0 Å². The molecule has 1 aromatic heterocycles. The molecule has 1 saturated heterocycles. The highest BCUT2D eigenvalue weighted by molar-refractivity contribution is 7.21. The average molecular weight is 439 g/mol. The number of methoxy groups -OCH3 is 1. The summed E-state index contributed by atoms with van der Waals surface area (Å²) in [5.41, 5.74) is 1.38. The number of ether oxygens (including phenoxy) is 2. The van der Waals surface area contributed by atoms with E-state index in [9.17, 15) is 9.59 Å². The molecule has 0 saturated carbocycles. The largest absolute Gasteiger partial charge is 0.496 e. The number of carbonyl (C=O) groups excluding carboxylic acids is 2. The smallest absolute Gasteiger partial charge is 0.261 e. The summed E-state index contributed by atoms with van der Waals surface area (Å²) < 4.78 is 12.5. The summed E-state index contributed by atoms with van der Waals surface area (Å²) in [6.45, 7) is 5.15. The van der Waals surface area contributed by atoms with Gasteiger partial charge >= 0.3 is 0 Å². The van der Waals surface area contributed by atoms with Crippen molar-refractivity contribution in [2.75, 3.05) is 26.8 Å². The molecule has 2 aromatic carbocycles. The Labute approximate surface area is 185 Å². The first kappa shape index (κ1) is 21.3. The van der Waals surface area contributed by atoms with Crippen molar-refractivity contribution in [1.29, 1.82) is 0 Å². The van der Waals surface area contributed by atoms with Crippen LogP contribution in [-0.4, -0.2) is 49.6 Å². The van der Waals surface area contributed by atoms with E-state index >= 15 is 0 Å². The van der Waals surface area contributed by atoms with E-state index in [0.717, 1.165) is 15.6 Å². The highest BCUT2D eigenvalue weighted by Crippen LogP contribution is 2.38. The Balaban J connectivity index is 1.68. The number of para-hydroxylation sites is 1. The van der Waals surface area contributed by atoms with Crippen molar-refractivity contribution < 1.29 is 19.1 Å². The predicted molar refractivity (Wildman–Crippen MR) is 122 cm³/mol. The Morgan fingerprint density at radius 2 is 1.90 bits per heavy atom. The SMILES string of the molecule is COc1ccccc1C(=O)N1CCO[C@H](c2c(C(=O)NC(C)C)sc3ccccc23)C1. The maximum Gasteiger partial charge on any atom is 0.261 e. The van der Waals surface area contributed by atoms with Gasteiger partial charge in [0.1, 0.15) is 11.9 Å². The van der Waals surface area contributed by atoms with Gasteiger partial charge in [0.25, 0.3) is 11.8 Å². The maximum atomic E-state index is 13.2. The standard InChI is InChI=1S/C24H26N2O4S/c1-15(2)25-23(27)22-21(17-9-5-7-11-20(17)31-22)19-14-26(12-13-30-19)24(28)16-8-4-6-10-18(16)29-3/h4-11,15,19H,12-14H2,1-3H3,(H,25,27)/t19-/m0/s1. The molecule has 1 N–H and O–H groups in total. The van der Waals surface area contributed by atoms with Crippen LogP contribution in [-0.2, 0) is 4.74 Å². The molecular formula is C24H26N2O4S. The number of rotatable bonds is 5. The molecule has 2 heterocycles. The van der Waals surface area contributed by atoms with Crippen molar-refractivity contribution in [3.8, 4) is 5.75 Å². The number of fused-ring (bicyclic) bond motifs is 1. The second kappa shape index (κ2) is 9.08. The van der Waals surface area contributed by atoms with Crippen molar-refractivity contribution >= 4 is 33.2 Å². The van der Waals surface area contributed by atoms with Gasteiger partial charge in [-0.3, -0.25) is 9.59 Å². The zero-order valence-corrected chi connectivity index (χ0v) is 18.7. The molecule has 1 aliphatic rings. The molecule has 2 amide bonds. The first-order chi connectivity index (χ1) is 15.0. The van der Waals surface area contributed by atoms with Crippen LogP contribution in [0.4, 0.5) is 0 Å². The number of benzene rings is 2. The Morgan fingerprint density at radius 3 is 2.68 bits per heavy atom. The Hall–Kier alpha value is -2.90. The number of nitrogens with zero attached hydrogens (tertiary/aromatic N) is 1. The average Bonchev–Trinajstić information content (AvgIpc) is 3.18. The van der Waals surface area contributed by atoms with Crippen molar-refractivity contribution in [2.45, 2.75) is 26.0 Å². The second-order valence-corrected chi connectivity index (χ2v) is 8.83. The highest BCUT2D eigenvalue weighted by Gasteiger charge is 2.32. The third kappa shape index (κ3) is 4.29. The number of nitrogens with one attached hydrogen (secondary N) is 1. The Bertz CT molecular complexity index is 1110. The predicted octanol–water partition coefficient (Wildman–Crippen LogP) is 4.26. The summed E-state index contributed by atoms with van der Waals surface area (Å²) in [4.78, 5) is 28.6. The summed E-state index contributed by atoms with van der Waals surface area (Å²) in [6.07, 6.45) is -0.378. The summed E-state index contributed by atoms with van der Waals surface area (Å²) in [5, 5.41) is 3.99. The van der Waals surface area contributed by atoms with E-state index in [1.807, 2.05) is 50.2 Å². The summed E-state index contributed by atoms with van der Waals surface area (Å²) in [6, 6.07) is 15.2. The fourth-order valence-electron chi connectivity index (χ4n) is 3.88. The van der Waals surface area contributed by atoms with E-state index in [1.54, 1.807) is 24.1 Å². The monoisotopic (exact) mass is 438 g/mol. The summed E-state index contributed by atoms with van der Waals surface area (Å²) in [5.74, 6) is 0.343. The Morgan fingerprint density at radius 1 is 1.16 bits per heavy atom. The number of amides is 2. The lowest BCUT2D eigenvalue weighted by Crippen LogP contribution is -2.42. The molecule has 7 heteroatoms. The van der Waals surface area contributed by atoms with Gasteiger partial charge in [0.15, 0.2) is 0 Å². The topological polar surface area (TPSA) is 67.9 Å². The summed E-state index contributed by atoms with van der Waals surface area (Å²) in [7, 11) is 1.56. The molecule has 0 spiro atoms. The zero-order valence-electron chi connectivity index (χ0n) is 17.9. The van der Waals surface area contributed by atoms with Gasteiger partial charge < -0.3 is 19.7 Å². The van der Waals surface area contributed by atoms with Crippen LogP contribution < -0.4 is 10.1 Å². The van der Waals surface area contributed by atoms with Crippen LogP contribution in [0.2, 0.25) is 0 Å². The number of morpholine rings is 1. The number of hydrogen-bond donors (Lipinski definition) is 1. The molecule has 1 fully saturated rings. The van der Waals surface area contributed by atoms with E-state index in [1.165, 1.54) is 11.3 Å². The molecule has 3 aromatic rings. The van der Waals surface area contributed by atoms with Crippen LogP contribution in [0.15, 0.2) is 48.5 Å². The van der Waals surface area contributed by atoms with E-state index < -0.39 is 0 Å². The van der Waals surface area contributed by atoms with Crippen molar-refractivity contribution in [1.82, 2.24) is 10.2 Å². The van der Waals surface area contributed by atoms with E-state index in [0.29, 0.717) is 35.9 Å². The van der Waals surface area contributed by atoms with Gasteiger partial charge in [0.05, 0.1) is 30.7 Å². The number of hydrogen-bond acceptors (Lipinski definition) is 5. The molecule has 0 radical (unpaired) electrons. The fourth-order valence-corrected chi connectivity index (χ4v) is 5.04. The van der Waals surface area contributed by atoms with Gasteiger partial charge in [0, 0.05) is 22.8 Å². The number of thiophene rings is 1. The first-order valence-corrected chi connectivity index (χ1v) is 11.2. The van der Waals surface area contributed by atoms with E-state index in [2.05, 4.69) is 5.32 Å². The van der Waals surface area contributed by atoms with Gasteiger partial charge in [-0.15, -0.1) is 11.3 Å². The van der Waals surface area contributed by atoms with E-state index in [4.69, 9.17) is 9.47 Å². The van der Waals surface area contributed by atoms with Crippen LogP contribution in [0.25, 0.3) is 10.1 Å². The van der Waals surface area contributed by atoms with Crippen molar-refractivity contribution in [3.63, 3.8) is 0 Å². The minimum Gasteiger partial charge on any atom is -0.496 e. The molecule has 1 atom stereocenters. The number of carbonyl (C=O) groups is 2. The van der Waals surface area contributed by atoms with Crippen LogP contribution >= 0.6 is 11.3 Å². The van der Waals surface area contributed by atoms with Crippen LogP contribution in [0, 0.1) is 0 Å². The summed E-state index contributed by atoms with van der Waals surface area (Å²) >= 11 is 1.46. The molecule has 0 bridgehead atoms. The lowest BCUT2D eigenvalue weighted by Gasteiger charge is -2.33. The van der Waals surface area contributed by atoms with Crippen LogP contribution in [0.5, 0.6) is 5.75 Å². The van der Waals surface area contributed by atoms with Gasteiger partial charge in [-0.2, -0.15) is 0 Å². The van der Waals surface area contributed by atoms with Crippen LogP contribution in [0.1, 0.15) is 45.5 Å². The highest BCUT2D eigenvalue weighted by atomic mass is 32.1. The van der Waals surface area contributed by atoms with Gasteiger partial charge in [-0.25, -0.2) is 0 Å². The van der Waals surface area contributed by atoms with Gasteiger partial charge in [-0.1, -0.05) is 30.3 Å². The minimum absolute atomic E-state index is 0.0291. The fraction of sp³-hybridized carbons (Fsp3) is 0.333. The lowest BCUT2D eigenvalue weighted by atomic mass is 10.0. The molecule has 4 rings (SSSR count). The lowest BCUT2D eigenvalue weighted by molar-refractivity contribution is -0.0223. The van der Waals surface area contributed by atoms with Crippen molar-refractivity contribution in [3.05, 3.63) is 64.5 Å². The normalized spacial score (nSPS) is 16.5. The van der Waals surface area contributed by atoms with Gasteiger partial charge in [-0.05, 0) is 37.4 Å². The molecule has 6 nitrogen and oxygen atoms in total. The quantitative estimate of drug-likeness (QED) is 0.646. The van der Waals surface area contributed by atoms with Crippen LogP contribution in [0.3, 0.4) is 0 Å². The third-order valence-electron chi connectivity index (χ3n) is 5.27. The molecule has 1 aliphatic heterocycles. The Kier molecular flexibility index (Phi) is 6.25. The molecule has 162 valence electrons. The molecular weight excluding hydrogens is 412 g/mol. The second-order valence-electron chi connectivity index (χ2n) is 7.78. The first-order valence-electron chi connectivity index (χ1n) is 10.4.